The van der Waals surface area contributed by atoms with E-state index in [0.717, 1.165) is 14.2 Å². The molecule has 0 saturated heterocycles. The molecule has 24 heavy (non-hydrogen) atoms. The van der Waals surface area contributed by atoms with Gasteiger partial charge in [0.25, 0.3) is 0 Å². The fourth-order valence-corrected chi connectivity index (χ4v) is 4.27. The molecule has 0 bridgehead atoms. The van der Waals surface area contributed by atoms with Crippen LogP contribution in [0, 0.1) is 0 Å². The van der Waals surface area contributed by atoms with Gasteiger partial charge >= 0.3 is 13.6 Å². The molecule has 1 rings (SSSR count). The Bertz CT molecular complexity index is 627. The highest BCUT2D eigenvalue weighted by molar-refractivity contribution is 7.55. The summed E-state index contributed by atoms with van der Waals surface area (Å²) in [5.41, 5.74) is 0. The Morgan fingerprint density at radius 3 is 2.25 bits per heavy atom. The van der Waals surface area contributed by atoms with Crippen molar-refractivity contribution in [3.63, 3.8) is 0 Å². The van der Waals surface area contributed by atoms with Gasteiger partial charge in [-0.2, -0.15) is 0 Å². The summed E-state index contributed by atoms with van der Waals surface area (Å²) in [7, 11) is -1.89. The largest absolute Gasteiger partial charge is 0.480 e. The number of benzene rings is 1. The molecule has 12 heteroatoms. The maximum Gasteiger partial charge on any atom is 0.374 e. The molecule has 0 radical (unpaired) electrons. The lowest BCUT2D eigenvalue weighted by Crippen LogP contribution is -2.34. The number of alkyl halides is 3. The van der Waals surface area contributed by atoms with E-state index in [0.29, 0.717) is 5.02 Å². The van der Waals surface area contributed by atoms with Gasteiger partial charge in [0.1, 0.15) is 5.75 Å². The number of esters is 1. The Labute approximate surface area is 163 Å². The summed E-state index contributed by atoms with van der Waals surface area (Å²) in [6, 6.07) is 4.40. The predicted octanol–water partition coefficient (Wildman–Crippen LogP) is 5.10. The first-order valence-corrected chi connectivity index (χ1v) is 9.59. The van der Waals surface area contributed by atoms with Crippen molar-refractivity contribution in [3.8, 4) is 5.75 Å². The van der Waals surface area contributed by atoms with Crippen LogP contribution in [-0.2, 0) is 23.1 Å². The van der Waals surface area contributed by atoms with E-state index in [2.05, 4.69) is 0 Å². The van der Waals surface area contributed by atoms with Crippen LogP contribution in [0.1, 0.15) is 0 Å². The van der Waals surface area contributed by atoms with Crippen LogP contribution in [0.2, 0.25) is 10.0 Å². The highest BCUT2D eigenvalue weighted by atomic mass is 35.6. The van der Waals surface area contributed by atoms with Crippen LogP contribution in [0.4, 0.5) is 0 Å². The first-order valence-electron chi connectivity index (χ1n) is 6.08. The molecule has 0 N–H and O–H groups in total. The van der Waals surface area contributed by atoms with Crippen LogP contribution in [0.25, 0.3) is 0 Å². The monoisotopic (exact) mass is 458 g/mol. The van der Waals surface area contributed by atoms with E-state index in [9.17, 15) is 9.36 Å². The van der Waals surface area contributed by atoms with E-state index in [1.807, 2.05) is 0 Å². The molecule has 0 saturated carbocycles. The van der Waals surface area contributed by atoms with Gasteiger partial charge in [-0.05, 0) is 18.2 Å². The molecular formula is C12H12Cl5O6P. The molecule has 0 aromatic heterocycles. The van der Waals surface area contributed by atoms with Gasteiger partial charge in [-0.15, -0.1) is 0 Å². The molecule has 0 spiro atoms. The van der Waals surface area contributed by atoms with Crippen molar-refractivity contribution in [1.82, 2.24) is 0 Å². The van der Waals surface area contributed by atoms with Gasteiger partial charge in [0.2, 0.25) is 9.64 Å². The van der Waals surface area contributed by atoms with Crippen molar-refractivity contribution < 1.29 is 27.9 Å². The average molecular weight is 460 g/mol. The zero-order valence-electron chi connectivity index (χ0n) is 12.3. The normalized spacial score (nSPS) is 13.5. The SMILES string of the molecule is COP(=O)(OC)C(OC(=O)COc1ccc(Cl)cc1Cl)C(Cl)(Cl)Cl. The van der Waals surface area contributed by atoms with Crippen molar-refractivity contribution in [2.75, 3.05) is 20.8 Å². The summed E-state index contributed by atoms with van der Waals surface area (Å²) >= 11 is 28.7. The average Bonchev–Trinajstić information content (AvgIpc) is 2.50. The molecule has 0 aliphatic heterocycles. The molecule has 0 aliphatic carbocycles. The van der Waals surface area contributed by atoms with Gasteiger partial charge in [0.05, 0.1) is 5.02 Å². The molecule has 1 atom stereocenters. The third kappa shape index (κ3) is 6.11. The molecule has 0 aliphatic rings. The molecular weight excluding hydrogens is 448 g/mol. The van der Waals surface area contributed by atoms with E-state index in [4.69, 9.17) is 76.5 Å². The minimum Gasteiger partial charge on any atom is -0.480 e. The number of hydrogen-bond donors (Lipinski definition) is 0. The Morgan fingerprint density at radius 2 is 1.79 bits per heavy atom. The zero-order chi connectivity index (χ0) is 18.5. The fourth-order valence-electron chi connectivity index (χ4n) is 1.46. The molecule has 1 aromatic rings. The van der Waals surface area contributed by atoms with Gasteiger partial charge in [-0.25, -0.2) is 4.79 Å². The van der Waals surface area contributed by atoms with Gasteiger partial charge < -0.3 is 18.5 Å². The third-order valence-electron chi connectivity index (χ3n) is 2.56. The lowest BCUT2D eigenvalue weighted by atomic mass is 10.3. The quantitative estimate of drug-likeness (QED) is 0.320. The van der Waals surface area contributed by atoms with Crippen LogP contribution in [0.5, 0.6) is 5.75 Å². The maximum atomic E-state index is 12.3. The van der Waals surface area contributed by atoms with Crippen molar-refractivity contribution >= 4 is 71.6 Å². The maximum absolute atomic E-state index is 12.3. The lowest BCUT2D eigenvalue weighted by molar-refractivity contribution is -0.148. The molecule has 0 fully saturated rings. The van der Waals surface area contributed by atoms with Gasteiger partial charge in [-0.3, -0.25) is 4.57 Å². The van der Waals surface area contributed by atoms with Crippen LogP contribution in [-0.4, -0.2) is 36.4 Å². The van der Waals surface area contributed by atoms with Crippen molar-refractivity contribution in [2.45, 2.75) is 9.64 Å². The van der Waals surface area contributed by atoms with Crippen LogP contribution in [0.3, 0.4) is 0 Å². The van der Waals surface area contributed by atoms with Crippen LogP contribution < -0.4 is 4.74 Å². The number of hydrogen-bond acceptors (Lipinski definition) is 6. The lowest BCUT2D eigenvalue weighted by Gasteiger charge is -2.28. The second-order valence-electron chi connectivity index (χ2n) is 4.15. The van der Waals surface area contributed by atoms with Crippen molar-refractivity contribution in [3.05, 3.63) is 28.2 Å². The summed E-state index contributed by atoms with van der Waals surface area (Å²) in [6.07, 6.45) is 0. The van der Waals surface area contributed by atoms with E-state index in [1.54, 1.807) is 0 Å². The minimum absolute atomic E-state index is 0.185. The van der Waals surface area contributed by atoms with Gasteiger partial charge in [-0.1, -0.05) is 58.0 Å². The van der Waals surface area contributed by atoms with Gasteiger partial charge in [0, 0.05) is 19.2 Å². The predicted molar refractivity (Wildman–Crippen MR) is 93.8 cm³/mol. The van der Waals surface area contributed by atoms with E-state index in [1.165, 1.54) is 18.2 Å². The van der Waals surface area contributed by atoms with Crippen LogP contribution in [0.15, 0.2) is 18.2 Å². The van der Waals surface area contributed by atoms with Crippen LogP contribution >= 0.6 is 65.6 Å². The Hall–Kier alpha value is 0.0900. The number of carbonyl (C=O) groups excluding carboxylic acids is 1. The second-order valence-corrected chi connectivity index (χ2v) is 9.64. The smallest absolute Gasteiger partial charge is 0.374 e. The molecule has 0 heterocycles. The number of halogens is 5. The summed E-state index contributed by atoms with van der Waals surface area (Å²) < 4.78 is 29.6. The van der Waals surface area contributed by atoms with Crippen molar-refractivity contribution in [2.24, 2.45) is 0 Å². The van der Waals surface area contributed by atoms with E-state index >= 15 is 0 Å². The topological polar surface area (TPSA) is 71.1 Å². The molecule has 136 valence electrons. The standard InChI is InChI=1S/C12H12Cl5O6P/c1-20-24(19,21-2)11(12(15,16)17)23-10(18)6-22-9-4-3-7(13)5-8(9)14/h3-5,11H,6H2,1-2H3. The summed E-state index contributed by atoms with van der Waals surface area (Å²) in [6.45, 7) is -0.591. The van der Waals surface area contributed by atoms with E-state index < -0.39 is 29.8 Å². The molecule has 6 nitrogen and oxygen atoms in total. The van der Waals surface area contributed by atoms with Gasteiger partial charge in [0.15, 0.2) is 6.61 Å². The Morgan fingerprint density at radius 1 is 1.21 bits per heavy atom. The Balaban J connectivity index is 2.81. The molecule has 0 amide bonds. The van der Waals surface area contributed by atoms with E-state index in [-0.39, 0.29) is 10.8 Å². The summed E-state index contributed by atoms with van der Waals surface area (Å²) in [5, 5.41) is 0.583. The van der Waals surface area contributed by atoms with Crippen molar-refractivity contribution in [1.29, 1.82) is 0 Å². The number of rotatable bonds is 7. The highest BCUT2D eigenvalue weighted by Gasteiger charge is 2.51. The number of carbonyl (C=O) groups is 1. The second kappa shape index (κ2) is 9.15. The Kier molecular flexibility index (Phi) is 8.44. The third-order valence-corrected chi connectivity index (χ3v) is 6.23. The zero-order valence-corrected chi connectivity index (χ0v) is 17.0. The number of ether oxygens (including phenoxy) is 2. The highest BCUT2D eigenvalue weighted by Crippen LogP contribution is 2.59. The summed E-state index contributed by atoms with van der Waals surface area (Å²) in [4.78, 5) is 11.9. The fraction of sp³-hybridized carbons (Fsp3) is 0.417. The molecule has 1 unspecified atom stereocenters. The molecule has 1 aromatic carbocycles. The summed E-state index contributed by atoms with van der Waals surface area (Å²) in [5.74, 6) is -2.58. The first kappa shape index (κ1) is 22.1. The first-order chi connectivity index (χ1) is 11.0. The minimum atomic E-state index is -4.02.